The fourth-order valence-corrected chi connectivity index (χ4v) is 3.85. The van der Waals surface area contributed by atoms with Gasteiger partial charge in [0, 0.05) is 0 Å². The Kier molecular flexibility index (Phi) is 5.35. The summed E-state index contributed by atoms with van der Waals surface area (Å²) in [4.78, 5) is 32.3. The van der Waals surface area contributed by atoms with Crippen molar-refractivity contribution in [3.05, 3.63) is 51.3 Å². The molecule has 15 heteroatoms. The van der Waals surface area contributed by atoms with E-state index in [1.165, 1.54) is 22.1 Å². The van der Waals surface area contributed by atoms with E-state index in [0.29, 0.717) is 47.1 Å². The number of benzene rings is 1. The summed E-state index contributed by atoms with van der Waals surface area (Å²) in [6.45, 7) is 6.32. The van der Waals surface area contributed by atoms with Gasteiger partial charge in [-0.2, -0.15) is 4.80 Å². The highest BCUT2D eigenvalue weighted by Gasteiger charge is 2.18. The van der Waals surface area contributed by atoms with Crippen LogP contribution in [0.2, 0.25) is 0 Å². The molecule has 0 N–H and O–H groups in total. The Bertz CT molecular complexity index is 1580. The van der Waals surface area contributed by atoms with Crippen molar-refractivity contribution in [3.8, 4) is 0 Å². The number of rotatable bonds is 7. The summed E-state index contributed by atoms with van der Waals surface area (Å²) in [5.74, 6) is 0.659. The number of aryl methyl sites for hydroxylation is 1. The molecule has 0 unspecified atom stereocenters. The minimum atomic E-state index is -0.365. The first-order valence-corrected chi connectivity index (χ1v) is 10.7. The van der Waals surface area contributed by atoms with Crippen LogP contribution in [0.4, 0.5) is 0 Å². The van der Waals surface area contributed by atoms with E-state index >= 15 is 0 Å². The number of tetrazole rings is 2. The Morgan fingerprint density at radius 3 is 2.47 bits per heavy atom. The van der Waals surface area contributed by atoms with Crippen molar-refractivity contribution < 1.29 is 0 Å². The molecule has 0 aliphatic rings. The third kappa shape index (κ3) is 3.70. The topological polar surface area (TPSA) is 170 Å². The Labute approximate surface area is 191 Å². The number of hydrogen-bond acceptors (Lipinski definition) is 11. The molecule has 4 aromatic heterocycles. The lowest BCUT2D eigenvalue weighted by molar-refractivity contribution is 0.354. The van der Waals surface area contributed by atoms with Crippen LogP contribution in [0.15, 0.2) is 34.4 Å². The Morgan fingerprint density at radius 2 is 1.76 bits per heavy atom. The molecule has 0 amide bonds. The first-order valence-electron chi connectivity index (χ1n) is 10.7. The van der Waals surface area contributed by atoms with Crippen molar-refractivity contribution in [2.75, 3.05) is 0 Å². The van der Waals surface area contributed by atoms with Gasteiger partial charge in [-0.3, -0.25) is 14.2 Å². The van der Waals surface area contributed by atoms with Crippen molar-refractivity contribution in [1.29, 1.82) is 0 Å². The monoisotopic (exact) mass is 463 g/mol. The van der Waals surface area contributed by atoms with Crippen LogP contribution in [0.25, 0.3) is 21.8 Å². The van der Waals surface area contributed by atoms with E-state index in [-0.39, 0.29) is 23.2 Å². The molecule has 174 valence electrons. The number of nitrogens with zero attached hydrogens (tertiary/aromatic N) is 13. The second-order valence-electron chi connectivity index (χ2n) is 7.99. The Hall–Kier alpha value is -4.43. The van der Waals surface area contributed by atoms with Crippen LogP contribution >= 0.6 is 0 Å². The maximum atomic E-state index is 13.3. The lowest BCUT2D eigenvalue weighted by Gasteiger charge is -2.18. The van der Waals surface area contributed by atoms with Gasteiger partial charge < -0.3 is 0 Å². The lowest BCUT2D eigenvalue weighted by atomic mass is 10.1. The van der Waals surface area contributed by atoms with Crippen molar-refractivity contribution >= 4 is 21.8 Å². The highest BCUT2D eigenvalue weighted by molar-refractivity contribution is 5.93. The average molecular weight is 463 g/mol. The van der Waals surface area contributed by atoms with Crippen LogP contribution in [0, 0.1) is 6.92 Å². The van der Waals surface area contributed by atoms with Gasteiger partial charge >= 0.3 is 0 Å². The zero-order chi connectivity index (χ0) is 23.8. The smallest absolute Gasteiger partial charge is 0.277 e. The number of fused-ring (bicyclic) bond motifs is 2. The van der Waals surface area contributed by atoms with Gasteiger partial charge in [-0.05, 0) is 48.0 Å². The minimum Gasteiger partial charge on any atom is -0.294 e. The molecule has 5 rings (SSSR count). The molecule has 34 heavy (non-hydrogen) atoms. The molecule has 0 radical (unpaired) electrons. The summed E-state index contributed by atoms with van der Waals surface area (Å²) in [6, 6.07) is 2.58. The molecule has 0 saturated heterocycles. The van der Waals surface area contributed by atoms with Crippen molar-refractivity contribution in [2.45, 2.75) is 52.4 Å². The summed E-state index contributed by atoms with van der Waals surface area (Å²) in [7, 11) is 0. The number of hydrogen-bond donors (Lipinski definition) is 0. The normalized spacial score (nSPS) is 13.5. The van der Waals surface area contributed by atoms with Gasteiger partial charge in [0.15, 0.2) is 6.33 Å². The van der Waals surface area contributed by atoms with E-state index < -0.39 is 0 Å². The van der Waals surface area contributed by atoms with Gasteiger partial charge in [-0.15, -0.1) is 20.4 Å². The molecule has 0 aliphatic carbocycles. The molecule has 0 fully saturated rings. The second-order valence-corrected chi connectivity index (χ2v) is 7.99. The zero-order valence-electron chi connectivity index (χ0n) is 18.7. The molecule has 2 atom stereocenters. The van der Waals surface area contributed by atoms with Gasteiger partial charge in [-0.1, -0.05) is 12.1 Å². The van der Waals surface area contributed by atoms with Gasteiger partial charge in [0.2, 0.25) is 0 Å². The summed E-state index contributed by atoms with van der Waals surface area (Å²) >= 11 is 0. The first-order chi connectivity index (χ1) is 16.5. The molecule has 1 aromatic carbocycles. The van der Waals surface area contributed by atoms with E-state index in [1.807, 2.05) is 6.92 Å². The lowest BCUT2D eigenvalue weighted by Crippen LogP contribution is -2.30. The molecule has 0 aliphatic heterocycles. The van der Waals surface area contributed by atoms with Crippen LogP contribution in [0.5, 0.6) is 0 Å². The maximum absolute atomic E-state index is 13.3. The molecule has 0 bridgehead atoms. The van der Waals surface area contributed by atoms with E-state index in [2.05, 4.69) is 46.2 Å². The van der Waals surface area contributed by atoms with E-state index in [4.69, 9.17) is 0 Å². The van der Waals surface area contributed by atoms with Crippen LogP contribution in [0.1, 0.15) is 38.2 Å². The molecular weight excluding hydrogens is 442 g/mol. The van der Waals surface area contributed by atoms with Gasteiger partial charge in [0.25, 0.3) is 11.1 Å². The van der Waals surface area contributed by atoms with Gasteiger partial charge in [-0.25, -0.2) is 14.3 Å². The predicted molar refractivity (Wildman–Crippen MR) is 118 cm³/mol. The summed E-state index contributed by atoms with van der Waals surface area (Å²) < 4.78 is 4.48. The van der Waals surface area contributed by atoms with Crippen LogP contribution < -0.4 is 11.1 Å². The quantitative estimate of drug-likeness (QED) is 0.290. The highest BCUT2D eigenvalue weighted by atomic mass is 16.1. The molecular formula is C19H21N13O2. The van der Waals surface area contributed by atoms with E-state index in [1.54, 1.807) is 35.2 Å². The first kappa shape index (κ1) is 21.4. The molecule has 5 aromatic rings. The SMILES string of the molecule is CC[C@H](Cn1nnnc1C)n1cnc2cc3c(=O)n([C@H](C)Cn4ncnn4)nnc3cc2c1=O. The minimum absolute atomic E-state index is 0.201. The van der Waals surface area contributed by atoms with Crippen LogP contribution in [-0.4, -0.2) is 65.0 Å². The second kappa shape index (κ2) is 8.49. The van der Waals surface area contributed by atoms with Crippen LogP contribution in [0.3, 0.4) is 0 Å². The maximum Gasteiger partial charge on any atom is 0.277 e. The standard InChI is InChI=1S/C19H21N13O2/c1-4-13(8-30-12(3)23-25-28-30)29-10-20-16-5-15-17(6-14(16)18(29)33)24-27-32(19(15)34)11(2)7-31-22-9-21-26-31/h5-6,9-11,13H,4,7-8H2,1-3H3/t11-,13-/m1/s1. The predicted octanol–water partition coefficient (Wildman–Crippen LogP) is -0.305. The fourth-order valence-electron chi connectivity index (χ4n) is 3.85. The van der Waals surface area contributed by atoms with Crippen molar-refractivity contribution in [3.63, 3.8) is 0 Å². The molecule has 0 saturated carbocycles. The summed E-state index contributed by atoms with van der Waals surface area (Å²) in [5, 5.41) is 31.9. The zero-order valence-corrected chi connectivity index (χ0v) is 18.7. The highest BCUT2D eigenvalue weighted by Crippen LogP contribution is 2.18. The van der Waals surface area contributed by atoms with Crippen molar-refractivity contribution in [2.24, 2.45) is 0 Å². The Morgan fingerprint density at radius 1 is 0.971 bits per heavy atom. The Balaban J connectivity index is 1.55. The van der Waals surface area contributed by atoms with Gasteiger partial charge in [0.1, 0.15) is 11.3 Å². The third-order valence-electron chi connectivity index (χ3n) is 5.78. The van der Waals surface area contributed by atoms with Gasteiger partial charge in [0.05, 0.1) is 47.8 Å². The molecule has 0 spiro atoms. The summed E-state index contributed by atoms with van der Waals surface area (Å²) in [5.41, 5.74) is 0.150. The molecule has 15 nitrogen and oxygen atoms in total. The fraction of sp³-hybridized carbons (Fsp3) is 0.421. The largest absolute Gasteiger partial charge is 0.294 e. The van der Waals surface area contributed by atoms with E-state index in [9.17, 15) is 9.59 Å². The average Bonchev–Trinajstić information content (AvgIpc) is 3.49. The summed E-state index contributed by atoms with van der Waals surface area (Å²) in [6.07, 6.45) is 3.48. The van der Waals surface area contributed by atoms with Crippen molar-refractivity contribution in [1.82, 2.24) is 65.0 Å². The van der Waals surface area contributed by atoms with Crippen LogP contribution in [-0.2, 0) is 13.1 Å². The van der Waals surface area contributed by atoms with E-state index in [0.717, 1.165) is 0 Å². The third-order valence-corrected chi connectivity index (χ3v) is 5.78. The number of aromatic nitrogens is 13. The molecule has 4 heterocycles.